The highest BCUT2D eigenvalue weighted by Gasteiger charge is 2.41. The van der Waals surface area contributed by atoms with E-state index in [-0.39, 0.29) is 0 Å². The van der Waals surface area contributed by atoms with Crippen LogP contribution >= 0.6 is 0 Å². The fraction of sp³-hybridized carbons (Fsp3) is 0.727. The van der Waals surface area contributed by atoms with Crippen molar-refractivity contribution >= 4 is 17.8 Å². The molecule has 7 heteroatoms. The highest BCUT2D eigenvalue weighted by molar-refractivity contribution is 5.89. The van der Waals surface area contributed by atoms with Gasteiger partial charge in [0.15, 0.2) is 0 Å². The largest absolute Gasteiger partial charge is 0.481 e. The molecule has 5 N–H and O–H groups in total. The first-order chi connectivity index (χ1) is 7.89. The van der Waals surface area contributed by atoms with Crippen molar-refractivity contribution in [3.8, 4) is 0 Å². The fourth-order valence-corrected chi connectivity index (χ4v) is 1.01. The van der Waals surface area contributed by atoms with Crippen LogP contribution in [0.3, 0.4) is 0 Å². The zero-order chi connectivity index (χ0) is 14.7. The van der Waals surface area contributed by atoms with E-state index in [0.717, 1.165) is 0 Å². The lowest BCUT2D eigenvalue weighted by Crippen LogP contribution is -2.58. The van der Waals surface area contributed by atoms with Crippen molar-refractivity contribution in [1.29, 1.82) is 0 Å². The maximum Gasteiger partial charge on any atom is 0.326 e. The molecule has 1 unspecified atom stereocenters. The first-order valence-electron chi connectivity index (χ1n) is 5.44. The highest BCUT2D eigenvalue weighted by Crippen LogP contribution is 2.28. The van der Waals surface area contributed by atoms with Crippen LogP contribution in [-0.4, -0.2) is 39.6 Å². The topological polar surface area (TPSA) is 130 Å². The number of nitrogens with two attached hydrogens (primary N) is 1. The Kier molecular flexibility index (Phi) is 4.86. The number of rotatable bonds is 6. The van der Waals surface area contributed by atoms with E-state index in [4.69, 9.17) is 15.9 Å². The number of hydrogen-bond donors (Lipinski definition) is 4. The molecule has 104 valence electrons. The summed E-state index contributed by atoms with van der Waals surface area (Å²) in [7, 11) is 0. The minimum absolute atomic E-state index is 0.594. The maximum absolute atomic E-state index is 12.0. The van der Waals surface area contributed by atoms with Crippen LogP contribution in [0, 0.1) is 5.41 Å². The van der Waals surface area contributed by atoms with Crippen LogP contribution in [0.5, 0.6) is 0 Å². The molecule has 1 amide bonds. The van der Waals surface area contributed by atoms with Crippen molar-refractivity contribution in [3.63, 3.8) is 0 Å². The minimum Gasteiger partial charge on any atom is -0.481 e. The molecule has 0 aromatic rings. The van der Waals surface area contributed by atoms with Crippen LogP contribution in [0.1, 0.15) is 34.1 Å². The zero-order valence-corrected chi connectivity index (χ0v) is 11.0. The lowest BCUT2D eigenvalue weighted by molar-refractivity contribution is -0.148. The third kappa shape index (κ3) is 3.99. The molecule has 0 fully saturated rings. The standard InChI is InChI=1S/C11H20N2O5/c1-10(2,11(3,4)12)9(18)13-6(8(16)17)5-7(14)15/h6H,5,12H2,1-4H3,(H,13,18)(H,14,15)(H,16,17). The van der Waals surface area contributed by atoms with Gasteiger partial charge in [0, 0.05) is 5.54 Å². The van der Waals surface area contributed by atoms with E-state index in [1.165, 1.54) is 0 Å². The first kappa shape index (κ1) is 16.4. The molecule has 0 rings (SSSR count). The minimum atomic E-state index is -1.46. The molecule has 7 nitrogen and oxygen atoms in total. The third-order valence-electron chi connectivity index (χ3n) is 3.16. The Labute approximate surface area is 105 Å². The van der Waals surface area contributed by atoms with Crippen molar-refractivity contribution in [1.82, 2.24) is 5.32 Å². The number of carboxylic acids is 2. The van der Waals surface area contributed by atoms with Crippen LogP contribution < -0.4 is 11.1 Å². The van der Waals surface area contributed by atoms with E-state index >= 15 is 0 Å². The third-order valence-corrected chi connectivity index (χ3v) is 3.16. The van der Waals surface area contributed by atoms with Crippen LogP contribution in [-0.2, 0) is 14.4 Å². The lowest BCUT2D eigenvalue weighted by atomic mass is 9.74. The smallest absolute Gasteiger partial charge is 0.326 e. The summed E-state index contributed by atoms with van der Waals surface area (Å²) in [5.41, 5.74) is 3.94. The molecule has 0 aliphatic heterocycles. The Morgan fingerprint density at radius 3 is 1.89 bits per heavy atom. The summed E-state index contributed by atoms with van der Waals surface area (Å²) in [6, 6.07) is -1.46. The molecule has 0 bridgehead atoms. The van der Waals surface area contributed by atoms with E-state index in [2.05, 4.69) is 5.32 Å². The average molecular weight is 260 g/mol. The molecule has 0 saturated carbocycles. The maximum atomic E-state index is 12.0. The Hall–Kier alpha value is -1.63. The number of amides is 1. The molecule has 0 radical (unpaired) electrons. The number of hydrogen-bond acceptors (Lipinski definition) is 4. The molecular formula is C11H20N2O5. The Morgan fingerprint density at radius 1 is 1.17 bits per heavy atom. The molecule has 1 atom stereocenters. The predicted octanol–water partition coefficient (Wildman–Crippen LogP) is -0.206. The van der Waals surface area contributed by atoms with Crippen LogP contribution in [0.15, 0.2) is 0 Å². The Bertz CT molecular complexity index is 357. The Morgan fingerprint density at radius 2 is 1.61 bits per heavy atom. The van der Waals surface area contributed by atoms with E-state index in [1.54, 1.807) is 27.7 Å². The summed E-state index contributed by atoms with van der Waals surface area (Å²) in [6.45, 7) is 6.42. The van der Waals surface area contributed by atoms with Gasteiger partial charge in [0.2, 0.25) is 5.91 Å². The van der Waals surface area contributed by atoms with E-state index in [9.17, 15) is 14.4 Å². The van der Waals surface area contributed by atoms with Gasteiger partial charge in [-0.05, 0) is 27.7 Å². The number of carboxylic acid groups (broad SMARTS) is 2. The second-order valence-corrected chi connectivity index (χ2v) is 5.31. The number of carbonyl (C=O) groups is 3. The molecule has 0 saturated heterocycles. The highest BCUT2D eigenvalue weighted by atomic mass is 16.4. The van der Waals surface area contributed by atoms with Gasteiger partial charge in [-0.1, -0.05) is 0 Å². The quantitative estimate of drug-likeness (QED) is 0.523. The molecule has 0 aliphatic carbocycles. The molecule has 0 aliphatic rings. The van der Waals surface area contributed by atoms with E-state index < -0.39 is 41.3 Å². The van der Waals surface area contributed by atoms with Crippen LogP contribution in [0.2, 0.25) is 0 Å². The van der Waals surface area contributed by atoms with Crippen molar-refractivity contribution < 1.29 is 24.6 Å². The summed E-state index contributed by atoms with van der Waals surface area (Å²) < 4.78 is 0. The van der Waals surface area contributed by atoms with Crippen molar-refractivity contribution in [2.75, 3.05) is 0 Å². The summed E-state index contributed by atoms with van der Waals surface area (Å²) in [4.78, 5) is 33.3. The Balaban J connectivity index is 4.91. The van der Waals surface area contributed by atoms with Gasteiger partial charge in [-0.3, -0.25) is 9.59 Å². The van der Waals surface area contributed by atoms with Crippen molar-refractivity contribution in [2.45, 2.75) is 45.7 Å². The molecule has 0 aromatic heterocycles. The van der Waals surface area contributed by atoms with Crippen LogP contribution in [0.25, 0.3) is 0 Å². The normalized spacial score (nSPS) is 13.8. The predicted molar refractivity (Wildman–Crippen MR) is 63.9 cm³/mol. The first-order valence-corrected chi connectivity index (χ1v) is 5.44. The van der Waals surface area contributed by atoms with Gasteiger partial charge >= 0.3 is 11.9 Å². The summed E-state index contributed by atoms with van der Waals surface area (Å²) >= 11 is 0. The molecule has 18 heavy (non-hydrogen) atoms. The summed E-state index contributed by atoms with van der Waals surface area (Å²) in [5, 5.41) is 19.6. The second-order valence-electron chi connectivity index (χ2n) is 5.31. The van der Waals surface area contributed by atoms with E-state index in [0.29, 0.717) is 0 Å². The van der Waals surface area contributed by atoms with Gasteiger partial charge in [-0.15, -0.1) is 0 Å². The van der Waals surface area contributed by atoms with Gasteiger partial charge in [0.25, 0.3) is 0 Å². The van der Waals surface area contributed by atoms with Crippen LogP contribution in [0.4, 0.5) is 0 Å². The van der Waals surface area contributed by atoms with E-state index in [1.807, 2.05) is 0 Å². The van der Waals surface area contributed by atoms with Gasteiger partial charge in [0.1, 0.15) is 6.04 Å². The van der Waals surface area contributed by atoms with Crippen molar-refractivity contribution in [3.05, 3.63) is 0 Å². The van der Waals surface area contributed by atoms with Gasteiger partial charge in [0.05, 0.1) is 11.8 Å². The molecule has 0 spiro atoms. The molecule has 0 heterocycles. The molecule has 0 aromatic carbocycles. The van der Waals surface area contributed by atoms with Gasteiger partial charge in [-0.25, -0.2) is 4.79 Å². The summed E-state index contributed by atoms with van der Waals surface area (Å²) in [6.07, 6.45) is -0.678. The monoisotopic (exact) mass is 260 g/mol. The average Bonchev–Trinajstić information content (AvgIpc) is 2.13. The SMILES string of the molecule is CC(C)(N)C(C)(C)C(=O)NC(CC(=O)O)C(=O)O. The number of carbonyl (C=O) groups excluding carboxylic acids is 1. The fourth-order valence-electron chi connectivity index (χ4n) is 1.01. The summed E-state index contributed by atoms with van der Waals surface area (Å²) in [5.74, 6) is -3.28. The van der Waals surface area contributed by atoms with Gasteiger partial charge < -0.3 is 21.3 Å². The number of aliphatic carboxylic acids is 2. The molecular weight excluding hydrogens is 240 g/mol. The number of nitrogens with one attached hydrogen (secondary N) is 1. The van der Waals surface area contributed by atoms with Crippen molar-refractivity contribution in [2.24, 2.45) is 11.1 Å². The lowest BCUT2D eigenvalue weighted by Gasteiger charge is -2.37. The second kappa shape index (κ2) is 5.34. The zero-order valence-electron chi connectivity index (χ0n) is 11.0. The van der Waals surface area contributed by atoms with Gasteiger partial charge in [-0.2, -0.15) is 0 Å².